The van der Waals surface area contributed by atoms with Crippen molar-refractivity contribution in [1.82, 2.24) is 10.2 Å². The zero-order chi connectivity index (χ0) is 15.5. The van der Waals surface area contributed by atoms with Gasteiger partial charge in [0, 0.05) is 12.5 Å². The highest BCUT2D eigenvalue weighted by Crippen LogP contribution is 2.31. The number of rotatable bonds is 4. The van der Waals surface area contributed by atoms with Crippen LogP contribution in [0.3, 0.4) is 0 Å². The van der Waals surface area contributed by atoms with E-state index in [0.29, 0.717) is 12.3 Å². The number of amides is 3. The van der Waals surface area contributed by atoms with Crippen molar-refractivity contribution in [2.24, 2.45) is 5.92 Å². The molecule has 0 spiro atoms. The number of carbonyl (C=O) groups is 3. The summed E-state index contributed by atoms with van der Waals surface area (Å²) in [5, 5.41) is 2.97. The second kappa shape index (κ2) is 7.02. The van der Waals surface area contributed by atoms with Crippen molar-refractivity contribution in [3.63, 3.8) is 0 Å². The van der Waals surface area contributed by atoms with E-state index in [1.165, 1.54) is 17.7 Å². The number of imide groups is 1. The number of nitrogens with zero attached hydrogens (tertiary/aromatic N) is 1. The molecular formula is C16H24N2O3S. The molecule has 22 heavy (non-hydrogen) atoms. The summed E-state index contributed by atoms with van der Waals surface area (Å²) in [6.07, 6.45) is 9.11. The number of hydrogen-bond donors (Lipinski definition) is 1. The van der Waals surface area contributed by atoms with E-state index in [1.807, 2.05) is 0 Å². The summed E-state index contributed by atoms with van der Waals surface area (Å²) in [5.74, 6) is 0.762. The molecule has 1 aliphatic heterocycles. The van der Waals surface area contributed by atoms with Gasteiger partial charge in [-0.05, 0) is 31.6 Å². The van der Waals surface area contributed by atoms with Crippen molar-refractivity contribution >= 4 is 28.8 Å². The molecule has 1 N–H and O–H groups in total. The Morgan fingerprint density at radius 3 is 2.45 bits per heavy atom. The second-order valence-electron chi connectivity index (χ2n) is 6.70. The molecule has 5 nitrogen and oxygen atoms in total. The van der Waals surface area contributed by atoms with Crippen LogP contribution >= 0.6 is 11.8 Å². The van der Waals surface area contributed by atoms with Gasteiger partial charge in [0.15, 0.2) is 0 Å². The maximum atomic E-state index is 12.3. The van der Waals surface area contributed by atoms with Gasteiger partial charge in [0.2, 0.25) is 11.8 Å². The van der Waals surface area contributed by atoms with E-state index in [1.54, 1.807) is 0 Å². The van der Waals surface area contributed by atoms with Gasteiger partial charge in [-0.25, -0.2) is 0 Å². The van der Waals surface area contributed by atoms with E-state index in [0.717, 1.165) is 50.3 Å². The molecule has 0 aromatic heterocycles. The molecule has 1 saturated heterocycles. The predicted octanol–water partition coefficient (Wildman–Crippen LogP) is 2.69. The minimum atomic E-state index is -0.146. The molecule has 0 bridgehead atoms. The van der Waals surface area contributed by atoms with Crippen molar-refractivity contribution < 1.29 is 14.4 Å². The molecule has 122 valence electrons. The molecule has 3 aliphatic rings. The Bertz CT molecular complexity index is 446. The van der Waals surface area contributed by atoms with Gasteiger partial charge in [-0.15, -0.1) is 0 Å². The molecule has 1 heterocycles. The molecule has 3 rings (SSSR count). The molecule has 0 aromatic rings. The number of thioether (sulfide) groups is 1. The van der Waals surface area contributed by atoms with E-state index in [4.69, 9.17) is 0 Å². The van der Waals surface area contributed by atoms with Gasteiger partial charge in [0.05, 0.1) is 11.8 Å². The van der Waals surface area contributed by atoms with Crippen LogP contribution in [-0.2, 0) is 9.59 Å². The lowest BCUT2D eigenvalue weighted by Crippen LogP contribution is -2.54. The van der Waals surface area contributed by atoms with Crippen molar-refractivity contribution in [2.75, 3.05) is 5.75 Å². The molecule has 0 aromatic carbocycles. The van der Waals surface area contributed by atoms with Gasteiger partial charge < -0.3 is 5.32 Å². The van der Waals surface area contributed by atoms with E-state index in [-0.39, 0.29) is 34.9 Å². The Morgan fingerprint density at radius 1 is 1.09 bits per heavy atom. The normalized spacial score (nSPS) is 30.1. The minimum absolute atomic E-state index is 0.0609. The van der Waals surface area contributed by atoms with Gasteiger partial charge in [-0.3, -0.25) is 19.3 Å². The van der Waals surface area contributed by atoms with E-state index in [2.05, 4.69) is 5.32 Å². The summed E-state index contributed by atoms with van der Waals surface area (Å²) >= 11 is 1.08. The van der Waals surface area contributed by atoms with E-state index >= 15 is 0 Å². The fraction of sp³-hybridized carbons (Fsp3) is 0.812. The first-order valence-electron chi connectivity index (χ1n) is 8.43. The van der Waals surface area contributed by atoms with Crippen molar-refractivity contribution in [1.29, 1.82) is 0 Å². The van der Waals surface area contributed by atoms with Crippen LogP contribution in [0.15, 0.2) is 0 Å². The Labute approximate surface area is 135 Å². The number of carbonyl (C=O) groups excluding carboxylic acids is 3. The lowest BCUT2D eigenvalue weighted by atomic mass is 9.89. The molecule has 2 unspecified atom stereocenters. The largest absolute Gasteiger partial charge is 0.351 e. The summed E-state index contributed by atoms with van der Waals surface area (Å²) in [5.41, 5.74) is 0. The first-order chi connectivity index (χ1) is 10.6. The molecular weight excluding hydrogens is 300 g/mol. The standard InChI is InChI=1S/C16H24N2O3S/c19-14(9-11-5-1-2-6-11)17-12-7-3-4-8-13(12)18-15(20)10-22-16(18)21/h11-13H,1-10H2,(H,17,19). The van der Waals surface area contributed by atoms with Gasteiger partial charge >= 0.3 is 0 Å². The molecule has 0 radical (unpaired) electrons. The molecule has 2 atom stereocenters. The first-order valence-corrected chi connectivity index (χ1v) is 9.42. The first kappa shape index (κ1) is 15.8. The average molecular weight is 324 g/mol. The van der Waals surface area contributed by atoms with Crippen LogP contribution < -0.4 is 5.32 Å². The van der Waals surface area contributed by atoms with Crippen LogP contribution in [0.1, 0.15) is 57.8 Å². The lowest BCUT2D eigenvalue weighted by Gasteiger charge is -2.37. The Balaban J connectivity index is 1.61. The number of hydrogen-bond acceptors (Lipinski definition) is 4. The fourth-order valence-corrected chi connectivity index (χ4v) is 4.78. The van der Waals surface area contributed by atoms with Crippen LogP contribution in [-0.4, -0.2) is 39.8 Å². The second-order valence-corrected chi connectivity index (χ2v) is 7.63. The SMILES string of the molecule is O=C(CC1CCCC1)NC1CCCCC1N1C(=O)CSC1=O. The summed E-state index contributed by atoms with van der Waals surface area (Å²) in [6.45, 7) is 0. The van der Waals surface area contributed by atoms with E-state index in [9.17, 15) is 14.4 Å². The summed E-state index contributed by atoms with van der Waals surface area (Å²) < 4.78 is 0. The molecule has 3 amide bonds. The minimum Gasteiger partial charge on any atom is -0.351 e. The molecule has 3 fully saturated rings. The maximum absolute atomic E-state index is 12.3. The third kappa shape index (κ3) is 3.47. The summed E-state index contributed by atoms with van der Waals surface area (Å²) in [4.78, 5) is 37.6. The molecule has 2 aliphatic carbocycles. The van der Waals surface area contributed by atoms with Gasteiger partial charge in [-0.1, -0.05) is 37.4 Å². The quantitative estimate of drug-likeness (QED) is 0.863. The van der Waals surface area contributed by atoms with Crippen molar-refractivity contribution in [3.8, 4) is 0 Å². The zero-order valence-electron chi connectivity index (χ0n) is 12.9. The highest BCUT2D eigenvalue weighted by molar-refractivity contribution is 8.14. The van der Waals surface area contributed by atoms with Crippen LogP contribution in [0.25, 0.3) is 0 Å². The fourth-order valence-electron chi connectivity index (χ4n) is 4.02. The molecule has 2 saturated carbocycles. The van der Waals surface area contributed by atoms with Gasteiger partial charge in [-0.2, -0.15) is 0 Å². The maximum Gasteiger partial charge on any atom is 0.289 e. The van der Waals surface area contributed by atoms with E-state index < -0.39 is 0 Å². The third-order valence-electron chi connectivity index (χ3n) is 5.14. The summed E-state index contributed by atoms with van der Waals surface area (Å²) in [7, 11) is 0. The van der Waals surface area contributed by atoms with Gasteiger partial charge in [0.1, 0.15) is 0 Å². The zero-order valence-corrected chi connectivity index (χ0v) is 13.7. The third-order valence-corrected chi connectivity index (χ3v) is 5.98. The Morgan fingerprint density at radius 2 is 1.77 bits per heavy atom. The van der Waals surface area contributed by atoms with Crippen LogP contribution in [0.5, 0.6) is 0 Å². The highest BCUT2D eigenvalue weighted by atomic mass is 32.2. The van der Waals surface area contributed by atoms with Gasteiger partial charge in [0.25, 0.3) is 5.24 Å². The average Bonchev–Trinajstić information content (AvgIpc) is 3.10. The van der Waals surface area contributed by atoms with Crippen LogP contribution in [0.4, 0.5) is 4.79 Å². The van der Waals surface area contributed by atoms with Crippen molar-refractivity contribution in [2.45, 2.75) is 69.9 Å². The lowest BCUT2D eigenvalue weighted by molar-refractivity contribution is -0.129. The smallest absolute Gasteiger partial charge is 0.289 e. The van der Waals surface area contributed by atoms with Crippen molar-refractivity contribution in [3.05, 3.63) is 0 Å². The van der Waals surface area contributed by atoms with Crippen LogP contribution in [0, 0.1) is 5.92 Å². The summed E-state index contributed by atoms with van der Waals surface area (Å²) in [6, 6.07) is -0.203. The monoisotopic (exact) mass is 324 g/mol. The number of nitrogens with one attached hydrogen (secondary N) is 1. The molecule has 6 heteroatoms. The Hall–Kier alpha value is -1.04. The van der Waals surface area contributed by atoms with Crippen LogP contribution in [0.2, 0.25) is 0 Å². The Kier molecular flexibility index (Phi) is 5.06. The topological polar surface area (TPSA) is 66.5 Å². The highest BCUT2D eigenvalue weighted by Gasteiger charge is 2.41. The predicted molar refractivity (Wildman–Crippen MR) is 85.5 cm³/mol.